The largest absolute Gasteiger partial charge is 0.494 e. The molecule has 0 amide bonds. The summed E-state index contributed by atoms with van der Waals surface area (Å²) < 4.78 is 5.59. The first kappa shape index (κ1) is 10.2. The fourth-order valence-corrected chi connectivity index (χ4v) is 2.23. The molecule has 0 spiro atoms. The summed E-state index contributed by atoms with van der Waals surface area (Å²) in [4.78, 5) is 0. The first-order valence-electron chi connectivity index (χ1n) is 5.12. The Bertz CT molecular complexity index is 406. The van der Waals surface area contributed by atoms with E-state index in [2.05, 4.69) is 29.0 Å². The number of ether oxygens (including phenoxy) is 1. The maximum Gasteiger partial charge on any atom is 0.122 e. The molecule has 0 N–H and O–H groups in total. The highest BCUT2D eigenvalue weighted by Crippen LogP contribution is 2.22. The Hall–Kier alpha value is -1.28. The van der Waals surface area contributed by atoms with E-state index in [4.69, 9.17) is 4.74 Å². The van der Waals surface area contributed by atoms with Crippen molar-refractivity contribution in [2.24, 2.45) is 0 Å². The predicted molar refractivity (Wildman–Crippen MR) is 64.7 cm³/mol. The molecular formula is C13H14OS. The summed E-state index contributed by atoms with van der Waals surface area (Å²) in [5.74, 6) is 1.01. The lowest BCUT2D eigenvalue weighted by atomic mass is 10.1. The van der Waals surface area contributed by atoms with Crippen LogP contribution >= 0.6 is 11.3 Å². The van der Waals surface area contributed by atoms with Gasteiger partial charge in [-0.3, -0.25) is 0 Å². The second kappa shape index (κ2) is 4.99. The maximum atomic E-state index is 5.59. The molecule has 1 nitrogen and oxygen atoms in total. The monoisotopic (exact) mass is 218 g/mol. The van der Waals surface area contributed by atoms with E-state index in [1.807, 2.05) is 19.1 Å². The molecule has 0 saturated heterocycles. The third-order valence-corrected chi connectivity index (χ3v) is 2.98. The summed E-state index contributed by atoms with van der Waals surface area (Å²) in [5, 5.41) is 4.29. The van der Waals surface area contributed by atoms with Gasteiger partial charge in [-0.15, -0.1) is 0 Å². The van der Waals surface area contributed by atoms with Crippen LogP contribution in [-0.2, 0) is 6.42 Å². The molecule has 1 heterocycles. The summed E-state index contributed by atoms with van der Waals surface area (Å²) in [7, 11) is 0. The molecule has 0 aliphatic carbocycles. The second-order valence-corrected chi connectivity index (χ2v) is 4.13. The molecule has 0 unspecified atom stereocenters. The van der Waals surface area contributed by atoms with E-state index in [9.17, 15) is 0 Å². The van der Waals surface area contributed by atoms with E-state index in [0.29, 0.717) is 0 Å². The number of thiophene rings is 1. The Labute approximate surface area is 94.3 Å². The van der Waals surface area contributed by atoms with Gasteiger partial charge in [0.25, 0.3) is 0 Å². The van der Waals surface area contributed by atoms with Crippen molar-refractivity contribution >= 4 is 11.3 Å². The molecule has 1 aromatic heterocycles. The third kappa shape index (κ3) is 2.60. The second-order valence-electron chi connectivity index (χ2n) is 3.35. The van der Waals surface area contributed by atoms with Gasteiger partial charge in [0.2, 0.25) is 0 Å². The third-order valence-electron chi connectivity index (χ3n) is 2.25. The van der Waals surface area contributed by atoms with Crippen molar-refractivity contribution in [1.82, 2.24) is 0 Å². The average molecular weight is 218 g/mol. The van der Waals surface area contributed by atoms with E-state index in [1.54, 1.807) is 11.3 Å². The minimum atomic E-state index is 0.723. The number of hydrogen-bond donors (Lipinski definition) is 0. The van der Waals surface area contributed by atoms with Crippen LogP contribution in [0.3, 0.4) is 0 Å². The smallest absolute Gasteiger partial charge is 0.122 e. The predicted octanol–water partition coefficient (Wildman–Crippen LogP) is 3.74. The van der Waals surface area contributed by atoms with E-state index in [0.717, 1.165) is 18.8 Å². The van der Waals surface area contributed by atoms with Gasteiger partial charge < -0.3 is 4.74 Å². The molecule has 2 rings (SSSR count). The van der Waals surface area contributed by atoms with Gasteiger partial charge in [-0.1, -0.05) is 18.2 Å². The zero-order chi connectivity index (χ0) is 10.5. The number of benzene rings is 1. The SMILES string of the molecule is CCOc1ccccc1Cc1ccsc1. The van der Waals surface area contributed by atoms with Gasteiger partial charge in [-0.25, -0.2) is 0 Å². The van der Waals surface area contributed by atoms with E-state index in [-0.39, 0.29) is 0 Å². The van der Waals surface area contributed by atoms with Crippen LogP contribution in [0.5, 0.6) is 5.75 Å². The first-order chi connectivity index (χ1) is 7.40. The minimum absolute atomic E-state index is 0.723. The summed E-state index contributed by atoms with van der Waals surface area (Å²) in [5.41, 5.74) is 2.62. The molecule has 15 heavy (non-hydrogen) atoms. The lowest BCUT2D eigenvalue weighted by Crippen LogP contribution is -1.96. The summed E-state index contributed by atoms with van der Waals surface area (Å²) in [6.45, 7) is 2.74. The van der Waals surface area contributed by atoms with Crippen LogP contribution in [0.2, 0.25) is 0 Å². The zero-order valence-electron chi connectivity index (χ0n) is 8.77. The standard InChI is InChI=1S/C13H14OS/c1-2-14-13-6-4-3-5-12(13)9-11-7-8-15-10-11/h3-8,10H,2,9H2,1H3. The van der Waals surface area contributed by atoms with Crippen LogP contribution in [0, 0.1) is 0 Å². The van der Waals surface area contributed by atoms with Crippen molar-refractivity contribution in [3.63, 3.8) is 0 Å². The summed E-state index contributed by atoms with van der Waals surface area (Å²) in [6.07, 6.45) is 0.958. The van der Waals surface area contributed by atoms with Gasteiger partial charge in [0, 0.05) is 6.42 Å². The Morgan fingerprint density at radius 3 is 2.80 bits per heavy atom. The van der Waals surface area contributed by atoms with Crippen molar-refractivity contribution in [3.8, 4) is 5.75 Å². The Morgan fingerprint density at radius 2 is 2.07 bits per heavy atom. The van der Waals surface area contributed by atoms with Crippen molar-refractivity contribution in [2.75, 3.05) is 6.61 Å². The highest BCUT2D eigenvalue weighted by atomic mass is 32.1. The fourth-order valence-electron chi connectivity index (χ4n) is 1.56. The van der Waals surface area contributed by atoms with Crippen LogP contribution in [0.15, 0.2) is 41.1 Å². The van der Waals surface area contributed by atoms with Crippen molar-refractivity contribution < 1.29 is 4.74 Å². The van der Waals surface area contributed by atoms with Crippen LogP contribution in [0.4, 0.5) is 0 Å². The van der Waals surface area contributed by atoms with E-state index in [1.165, 1.54) is 11.1 Å². The van der Waals surface area contributed by atoms with Gasteiger partial charge in [0.05, 0.1) is 6.61 Å². The molecule has 1 aromatic carbocycles. The molecule has 0 fully saturated rings. The number of rotatable bonds is 4. The molecule has 0 aliphatic rings. The molecule has 2 heteroatoms. The topological polar surface area (TPSA) is 9.23 Å². The summed E-state index contributed by atoms with van der Waals surface area (Å²) >= 11 is 1.74. The molecule has 0 saturated carbocycles. The lowest BCUT2D eigenvalue weighted by molar-refractivity contribution is 0.337. The van der Waals surface area contributed by atoms with Crippen molar-refractivity contribution in [1.29, 1.82) is 0 Å². The molecular weight excluding hydrogens is 204 g/mol. The molecule has 0 bridgehead atoms. The first-order valence-corrected chi connectivity index (χ1v) is 6.06. The Kier molecular flexibility index (Phi) is 3.41. The lowest BCUT2D eigenvalue weighted by Gasteiger charge is -2.08. The van der Waals surface area contributed by atoms with Crippen LogP contribution < -0.4 is 4.74 Å². The maximum absolute atomic E-state index is 5.59. The molecule has 0 radical (unpaired) electrons. The highest BCUT2D eigenvalue weighted by Gasteiger charge is 2.03. The minimum Gasteiger partial charge on any atom is -0.494 e. The highest BCUT2D eigenvalue weighted by molar-refractivity contribution is 7.07. The molecule has 0 aliphatic heterocycles. The summed E-state index contributed by atoms with van der Waals surface area (Å²) in [6, 6.07) is 10.4. The van der Waals surface area contributed by atoms with E-state index < -0.39 is 0 Å². The van der Waals surface area contributed by atoms with Crippen LogP contribution in [-0.4, -0.2) is 6.61 Å². The van der Waals surface area contributed by atoms with Gasteiger partial charge in [0.15, 0.2) is 0 Å². The normalized spacial score (nSPS) is 10.2. The number of para-hydroxylation sites is 1. The van der Waals surface area contributed by atoms with Gasteiger partial charge in [-0.2, -0.15) is 11.3 Å². The van der Waals surface area contributed by atoms with Gasteiger partial charge >= 0.3 is 0 Å². The number of hydrogen-bond acceptors (Lipinski definition) is 2. The quantitative estimate of drug-likeness (QED) is 0.759. The van der Waals surface area contributed by atoms with Crippen molar-refractivity contribution in [2.45, 2.75) is 13.3 Å². The Balaban J connectivity index is 2.20. The Morgan fingerprint density at radius 1 is 1.20 bits per heavy atom. The van der Waals surface area contributed by atoms with Crippen LogP contribution in [0.1, 0.15) is 18.1 Å². The molecule has 2 aromatic rings. The zero-order valence-corrected chi connectivity index (χ0v) is 9.59. The van der Waals surface area contributed by atoms with E-state index >= 15 is 0 Å². The van der Waals surface area contributed by atoms with Crippen molar-refractivity contribution in [3.05, 3.63) is 52.2 Å². The molecule has 78 valence electrons. The molecule has 0 atom stereocenters. The van der Waals surface area contributed by atoms with Crippen LogP contribution in [0.25, 0.3) is 0 Å². The van der Waals surface area contributed by atoms with Gasteiger partial charge in [-0.05, 0) is 40.9 Å². The average Bonchev–Trinajstić information content (AvgIpc) is 2.74. The fraction of sp³-hybridized carbons (Fsp3) is 0.231. The van der Waals surface area contributed by atoms with Gasteiger partial charge in [0.1, 0.15) is 5.75 Å².